The molecule has 0 unspecified atom stereocenters. The Labute approximate surface area is 167 Å². The first kappa shape index (κ1) is 17.0. The van der Waals surface area contributed by atoms with Gasteiger partial charge in [-0.3, -0.25) is 0 Å². The molecule has 0 atom stereocenters. The largest absolute Gasteiger partial charge is 0.0911 e. The monoisotopic (exact) mass is 446 g/mol. The Morgan fingerprint density at radius 1 is 0.846 bits per heavy atom. The zero-order chi connectivity index (χ0) is 18.1. The van der Waals surface area contributed by atoms with E-state index in [0.717, 1.165) is 10.4 Å². The molecule has 26 heavy (non-hydrogen) atoms. The summed E-state index contributed by atoms with van der Waals surface area (Å²) >= 11 is 2.32. The topological polar surface area (TPSA) is 0 Å². The number of hydrogen-bond acceptors (Lipinski definition) is 0. The minimum Gasteiger partial charge on any atom is -0.0911 e. The highest BCUT2D eigenvalue weighted by Crippen LogP contribution is 2.28. The van der Waals surface area contributed by atoms with E-state index in [1.54, 1.807) is 0 Å². The lowest BCUT2D eigenvalue weighted by Gasteiger charge is -2.08. The van der Waals surface area contributed by atoms with Crippen LogP contribution in [0.4, 0.5) is 0 Å². The minimum atomic E-state index is 1.06. The average molecular weight is 446 g/mol. The van der Waals surface area contributed by atoms with E-state index < -0.39 is 0 Å². The summed E-state index contributed by atoms with van der Waals surface area (Å²) in [6.07, 6.45) is 4.39. The first-order chi connectivity index (χ1) is 12.7. The highest BCUT2D eigenvalue weighted by molar-refractivity contribution is 14.1. The third-order valence-corrected chi connectivity index (χ3v) is 5.48. The lowest BCUT2D eigenvalue weighted by atomic mass is 9.97. The van der Waals surface area contributed by atoms with E-state index in [1.807, 2.05) is 0 Å². The first-order valence-electron chi connectivity index (χ1n) is 8.70. The van der Waals surface area contributed by atoms with Crippen LogP contribution in [0.25, 0.3) is 39.8 Å². The van der Waals surface area contributed by atoms with Gasteiger partial charge >= 0.3 is 0 Å². The van der Waals surface area contributed by atoms with Gasteiger partial charge in [0.05, 0.1) is 0 Å². The van der Waals surface area contributed by atoms with E-state index in [-0.39, 0.29) is 0 Å². The summed E-state index contributed by atoms with van der Waals surface area (Å²) < 4.78 is 1.21. The molecule has 0 saturated carbocycles. The molecule has 0 nitrogen and oxygen atoms in total. The van der Waals surface area contributed by atoms with Gasteiger partial charge in [-0.2, -0.15) is 0 Å². The SMILES string of the molecule is C=c1cc(I)cc/c1=C/C(=C\C)c1ccc2c(ccc3ccccc32)c1. The van der Waals surface area contributed by atoms with Gasteiger partial charge in [-0.15, -0.1) is 0 Å². The molecule has 0 amide bonds. The highest BCUT2D eigenvalue weighted by Gasteiger charge is 2.03. The molecule has 0 spiro atoms. The molecule has 4 aromatic rings. The predicted molar refractivity (Wildman–Crippen MR) is 124 cm³/mol. The number of fused-ring (bicyclic) bond motifs is 3. The molecule has 0 saturated heterocycles. The molecule has 126 valence electrons. The number of hydrogen-bond donors (Lipinski definition) is 0. The molecule has 1 heteroatoms. The fraction of sp³-hybridized carbons (Fsp3) is 0.0400. The number of allylic oxidation sites excluding steroid dienone is 2. The summed E-state index contributed by atoms with van der Waals surface area (Å²) in [5.41, 5.74) is 2.44. The van der Waals surface area contributed by atoms with Crippen molar-refractivity contribution in [1.29, 1.82) is 0 Å². The van der Waals surface area contributed by atoms with Crippen molar-refractivity contribution in [3.8, 4) is 0 Å². The van der Waals surface area contributed by atoms with Crippen molar-refractivity contribution in [3.63, 3.8) is 0 Å². The van der Waals surface area contributed by atoms with E-state index in [1.165, 1.54) is 36.3 Å². The summed E-state index contributed by atoms with van der Waals surface area (Å²) in [5.74, 6) is 0. The summed E-state index contributed by atoms with van der Waals surface area (Å²) in [6.45, 7) is 6.27. The van der Waals surface area contributed by atoms with Crippen molar-refractivity contribution in [2.24, 2.45) is 0 Å². The van der Waals surface area contributed by atoms with E-state index in [4.69, 9.17) is 0 Å². The fourth-order valence-corrected chi connectivity index (χ4v) is 3.96. The minimum absolute atomic E-state index is 1.06. The average Bonchev–Trinajstić information content (AvgIpc) is 2.67. The molecular weight excluding hydrogens is 427 g/mol. The second-order valence-corrected chi connectivity index (χ2v) is 7.70. The van der Waals surface area contributed by atoms with Crippen molar-refractivity contribution in [1.82, 2.24) is 0 Å². The molecular formula is C25H19I. The van der Waals surface area contributed by atoms with Crippen LogP contribution in [0.1, 0.15) is 12.5 Å². The lowest BCUT2D eigenvalue weighted by Crippen LogP contribution is -2.22. The molecule has 0 aliphatic rings. The number of rotatable bonds is 2. The van der Waals surface area contributed by atoms with Crippen LogP contribution in [0.2, 0.25) is 0 Å². The van der Waals surface area contributed by atoms with Gasteiger partial charge in [0, 0.05) is 3.57 Å². The van der Waals surface area contributed by atoms with Crippen LogP contribution < -0.4 is 10.4 Å². The zero-order valence-corrected chi connectivity index (χ0v) is 16.8. The van der Waals surface area contributed by atoms with E-state index in [2.05, 4.69) is 121 Å². The number of benzene rings is 4. The van der Waals surface area contributed by atoms with Crippen LogP contribution in [0.5, 0.6) is 0 Å². The van der Waals surface area contributed by atoms with E-state index in [0.29, 0.717) is 0 Å². The Hall–Kier alpha value is -2.39. The fourth-order valence-electron chi connectivity index (χ4n) is 3.41. The van der Waals surface area contributed by atoms with Gasteiger partial charge in [-0.1, -0.05) is 67.3 Å². The maximum atomic E-state index is 4.18. The maximum Gasteiger partial charge on any atom is 0.0136 e. The second-order valence-electron chi connectivity index (χ2n) is 6.45. The van der Waals surface area contributed by atoms with Crippen molar-refractivity contribution in [2.75, 3.05) is 0 Å². The van der Waals surface area contributed by atoms with Crippen molar-refractivity contribution in [3.05, 3.63) is 98.4 Å². The molecule has 0 heterocycles. The van der Waals surface area contributed by atoms with Crippen LogP contribution in [0, 0.1) is 3.57 Å². The second kappa shape index (κ2) is 7.08. The van der Waals surface area contributed by atoms with Gasteiger partial charge in [0.1, 0.15) is 0 Å². The first-order valence-corrected chi connectivity index (χ1v) is 9.78. The maximum absolute atomic E-state index is 4.18. The number of halogens is 1. The van der Waals surface area contributed by atoms with Gasteiger partial charge in [-0.25, -0.2) is 0 Å². The van der Waals surface area contributed by atoms with Crippen LogP contribution in [-0.2, 0) is 0 Å². The van der Waals surface area contributed by atoms with Crippen LogP contribution in [-0.4, -0.2) is 0 Å². The lowest BCUT2D eigenvalue weighted by molar-refractivity contribution is 1.50. The molecule has 0 radical (unpaired) electrons. The van der Waals surface area contributed by atoms with Gasteiger partial charge in [0.15, 0.2) is 0 Å². The normalized spacial score (nSPS) is 12.8. The Morgan fingerprint density at radius 3 is 2.42 bits per heavy atom. The standard InChI is InChI=1S/C25H19I/c1-3-18(15-20-10-12-23(26)14-17(20)2)21-11-13-25-22(16-21)9-8-19-6-4-5-7-24(19)25/h3-16H,2H2,1H3/b18-3+,20-15-. The molecule has 4 rings (SSSR count). The van der Waals surface area contributed by atoms with Crippen LogP contribution in [0.3, 0.4) is 0 Å². The predicted octanol–water partition coefficient (Wildman–Crippen LogP) is 5.89. The Bertz CT molecular complexity index is 1260. The molecule has 0 aromatic heterocycles. The van der Waals surface area contributed by atoms with E-state index >= 15 is 0 Å². The van der Waals surface area contributed by atoms with Crippen LogP contribution >= 0.6 is 22.6 Å². The van der Waals surface area contributed by atoms with Gasteiger partial charge in [0.25, 0.3) is 0 Å². The van der Waals surface area contributed by atoms with Crippen molar-refractivity contribution >= 4 is 62.4 Å². The van der Waals surface area contributed by atoms with Crippen molar-refractivity contribution in [2.45, 2.75) is 6.92 Å². The molecule has 0 bridgehead atoms. The van der Waals surface area contributed by atoms with Gasteiger partial charge in [-0.05, 0) is 96.9 Å². The molecule has 0 aliphatic carbocycles. The highest BCUT2D eigenvalue weighted by atomic mass is 127. The van der Waals surface area contributed by atoms with E-state index in [9.17, 15) is 0 Å². The van der Waals surface area contributed by atoms with Gasteiger partial charge in [0.2, 0.25) is 0 Å². The Kier molecular flexibility index (Phi) is 4.64. The quantitative estimate of drug-likeness (QED) is 0.266. The summed E-state index contributed by atoms with van der Waals surface area (Å²) in [5, 5.41) is 7.38. The Balaban J connectivity index is 1.87. The zero-order valence-electron chi connectivity index (χ0n) is 14.7. The molecule has 0 N–H and O–H groups in total. The molecule has 4 aromatic carbocycles. The third kappa shape index (κ3) is 3.19. The van der Waals surface area contributed by atoms with Crippen LogP contribution in [0.15, 0.2) is 78.9 Å². The Morgan fingerprint density at radius 2 is 1.62 bits per heavy atom. The summed E-state index contributed by atoms with van der Waals surface area (Å²) in [6, 6.07) is 26.1. The molecule has 0 aliphatic heterocycles. The summed E-state index contributed by atoms with van der Waals surface area (Å²) in [7, 11) is 0. The summed E-state index contributed by atoms with van der Waals surface area (Å²) in [4.78, 5) is 0. The van der Waals surface area contributed by atoms with Gasteiger partial charge < -0.3 is 0 Å². The molecule has 0 fully saturated rings. The smallest absolute Gasteiger partial charge is 0.0136 e. The third-order valence-electron chi connectivity index (χ3n) is 4.81. The van der Waals surface area contributed by atoms with Crippen molar-refractivity contribution < 1.29 is 0 Å².